The molecule has 0 amide bonds. The van der Waals surface area contributed by atoms with Gasteiger partial charge < -0.3 is 5.11 Å². The van der Waals surface area contributed by atoms with E-state index in [-0.39, 0.29) is 29.9 Å². The number of hydrogen-bond donors (Lipinski definition) is 1. The quantitative estimate of drug-likeness (QED) is 0.607. The zero-order valence-electron chi connectivity index (χ0n) is 15.9. The first kappa shape index (κ1) is 19.9. The van der Waals surface area contributed by atoms with Crippen molar-refractivity contribution in [1.82, 2.24) is 14.8 Å². The van der Waals surface area contributed by atoms with Gasteiger partial charge in [0.2, 0.25) is 6.43 Å². The van der Waals surface area contributed by atoms with Gasteiger partial charge in [0.25, 0.3) is 5.82 Å². The highest BCUT2D eigenvalue weighted by Gasteiger charge is 2.39. The third-order valence-corrected chi connectivity index (χ3v) is 6.72. The summed E-state index contributed by atoms with van der Waals surface area (Å²) in [6.07, 6.45) is -2.40. The van der Waals surface area contributed by atoms with Crippen molar-refractivity contribution < 1.29 is 27.5 Å². The van der Waals surface area contributed by atoms with Crippen LogP contribution < -0.4 is 0 Å². The third-order valence-electron chi connectivity index (χ3n) is 5.49. The second-order valence-electron chi connectivity index (χ2n) is 7.45. The minimum atomic E-state index is -2.54. The molecule has 160 valence electrons. The highest BCUT2D eigenvalue weighted by molar-refractivity contribution is 7.15. The number of nitrogens with zero attached hydrogens (tertiary/aromatic N) is 4. The molecule has 0 spiro atoms. The summed E-state index contributed by atoms with van der Waals surface area (Å²) < 4.78 is 57.5. The number of rotatable bonds is 3. The van der Waals surface area contributed by atoms with E-state index in [0.29, 0.717) is 21.0 Å². The van der Waals surface area contributed by atoms with Crippen LogP contribution in [0.15, 0.2) is 23.2 Å². The number of alkyl halides is 2. The largest absolute Gasteiger partial charge is 0.475 e. The number of halogens is 4. The summed E-state index contributed by atoms with van der Waals surface area (Å²) in [5.74, 6) is -4.15. The Bertz CT molecular complexity index is 1250. The van der Waals surface area contributed by atoms with Crippen LogP contribution in [0.5, 0.6) is 0 Å². The van der Waals surface area contributed by atoms with Crippen LogP contribution in [0, 0.1) is 17.6 Å². The Labute approximate surface area is 176 Å². The lowest BCUT2D eigenvalue weighted by Crippen LogP contribution is -2.15. The maximum Gasteiger partial charge on any atom is 0.375 e. The normalized spacial score (nSPS) is 19.6. The molecular weight excluding hydrogens is 436 g/mol. The van der Waals surface area contributed by atoms with Gasteiger partial charge in [0, 0.05) is 16.4 Å². The molecule has 0 radical (unpaired) electrons. The summed E-state index contributed by atoms with van der Waals surface area (Å²) in [6.45, 7) is 1.60. The van der Waals surface area contributed by atoms with Crippen molar-refractivity contribution in [3.05, 3.63) is 63.0 Å². The lowest BCUT2D eigenvalue weighted by atomic mass is 9.97. The zero-order valence-corrected chi connectivity index (χ0v) is 16.8. The maximum absolute atomic E-state index is 14.7. The first-order chi connectivity index (χ1) is 14.8. The van der Waals surface area contributed by atoms with Crippen molar-refractivity contribution >= 4 is 23.0 Å². The number of aliphatic imine (C=N–C) groups is 1. The first-order valence-electron chi connectivity index (χ1n) is 9.42. The zero-order chi connectivity index (χ0) is 22.0. The minimum Gasteiger partial charge on any atom is -0.475 e. The number of aromatic nitrogens is 3. The lowest BCUT2D eigenvalue weighted by Gasteiger charge is -2.13. The first-order valence-corrected chi connectivity index (χ1v) is 10.2. The molecular formula is C20H14F4N4O2S. The van der Waals surface area contributed by atoms with Gasteiger partial charge in [0.15, 0.2) is 5.82 Å². The SMILES string of the molecule is C[C@@H]1N=C(c2c(F)cccc2F)c2c(sc3c2CC(C(F)F)C3)-n2nc(C(=O)O)nc21. The third kappa shape index (κ3) is 2.98. The number of hydrogen-bond acceptors (Lipinski definition) is 5. The van der Waals surface area contributed by atoms with Crippen LogP contribution in [0.1, 0.15) is 51.0 Å². The molecule has 3 aromatic rings. The number of carboxylic acid groups (broad SMARTS) is 1. The minimum absolute atomic E-state index is 0.00492. The van der Waals surface area contributed by atoms with E-state index in [1.54, 1.807) is 6.92 Å². The topological polar surface area (TPSA) is 80.4 Å². The van der Waals surface area contributed by atoms with Crippen molar-refractivity contribution in [3.63, 3.8) is 0 Å². The summed E-state index contributed by atoms with van der Waals surface area (Å²) >= 11 is 1.15. The fourth-order valence-electron chi connectivity index (χ4n) is 4.09. The summed E-state index contributed by atoms with van der Waals surface area (Å²) in [4.78, 5) is 20.6. The van der Waals surface area contributed by atoms with E-state index in [2.05, 4.69) is 15.1 Å². The van der Waals surface area contributed by atoms with E-state index < -0.39 is 41.8 Å². The molecule has 1 aliphatic heterocycles. The number of thiophene rings is 1. The van der Waals surface area contributed by atoms with Crippen LogP contribution in [0.3, 0.4) is 0 Å². The van der Waals surface area contributed by atoms with E-state index >= 15 is 0 Å². The number of carboxylic acids is 1. The molecule has 1 unspecified atom stereocenters. The van der Waals surface area contributed by atoms with Crippen molar-refractivity contribution in [2.45, 2.75) is 32.2 Å². The molecule has 1 aliphatic carbocycles. The van der Waals surface area contributed by atoms with Gasteiger partial charge in [0.05, 0.1) is 11.3 Å². The van der Waals surface area contributed by atoms with Gasteiger partial charge in [-0.3, -0.25) is 4.99 Å². The molecule has 6 nitrogen and oxygen atoms in total. The van der Waals surface area contributed by atoms with Gasteiger partial charge >= 0.3 is 5.97 Å². The van der Waals surface area contributed by atoms with E-state index in [1.165, 1.54) is 10.7 Å². The molecule has 2 atom stereocenters. The average molecular weight is 450 g/mol. The number of fused-ring (bicyclic) bond motifs is 5. The van der Waals surface area contributed by atoms with Crippen LogP contribution in [0.2, 0.25) is 0 Å². The molecule has 1 N–H and O–H groups in total. The van der Waals surface area contributed by atoms with E-state index in [0.717, 1.165) is 23.5 Å². The van der Waals surface area contributed by atoms with Crippen molar-refractivity contribution in [2.24, 2.45) is 10.9 Å². The maximum atomic E-state index is 14.7. The van der Waals surface area contributed by atoms with Crippen LogP contribution >= 0.6 is 11.3 Å². The highest BCUT2D eigenvalue weighted by Crippen LogP contribution is 2.45. The predicted molar refractivity (Wildman–Crippen MR) is 104 cm³/mol. The number of carbonyl (C=O) groups is 1. The second kappa shape index (κ2) is 6.98. The van der Waals surface area contributed by atoms with E-state index in [9.17, 15) is 27.5 Å². The smallest absolute Gasteiger partial charge is 0.375 e. The molecule has 0 fully saturated rings. The van der Waals surface area contributed by atoms with Gasteiger partial charge in [-0.2, -0.15) is 0 Å². The fourth-order valence-corrected chi connectivity index (χ4v) is 5.47. The van der Waals surface area contributed by atoms with Gasteiger partial charge in [-0.25, -0.2) is 32.0 Å². The Balaban J connectivity index is 1.80. The molecule has 31 heavy (non-hydrogen) atoms. The Morgan fingerprint density at radius 3 is 2.58 bits per heavy atom. The highest BCUT2D eigenvalue weighted by atomic mass is 32.1. The lowest BCUT2D eigenvalue weighted by molar-refractivity contribution is 0.0683. The van der Waals surface area contributed by atoms with Crippen LogP contribution in [-0.4, -0.2) is 38.0 Å². The predicted octanol–water partition coefficient (Wildman–Crippen LogP) is 4.20. The summed E-state index contributed by atoms with van der Waals surface area (Å²) in [7, 11) is 0. The van der Waals surface area contributed by atoms with Crippen LogP contribution in [-0.2, 0) is 12.8 Å². The fraction of sp³-hybridized carbons (Fsp3) is 0.300. The van der Waals surface area contributed by atoms with Crippen molar-refractivity contribution in [3.8, 4) is 5.00 Å². The molecule has 1 aromatic carbocycles. The molecule has 5 rings (SSSR count). The summed E-state index contributed by atoms with van der Waals surface area (Å²) in [5.41, 5.74) is 0.481. The Morgan fingerprint density at radius 2 is 1.94 bits per heavy atom. The van der Waals surface area contributed by atoms with Crippen LogP contribution in [0.4, 0.5) is 17.6 Å². The molecule has 0 saturated carbocycles. The molecule has 2 aliphatic rings. The molecule has 0 bridgehead atoms. The van der Waals surface area contributed by atoms with Gasteiger partial charge in [0.1, 0.15) is 22.7 Å². The number of benzene rings is 1. The monoisotopic (exact) mass is 450 g/mol. The molecule has 0 saturated heterocycles. The second-order valence-corrected chi connectivity index (χ2v) is 8.53. The average Bonchev–Trinajstić information content (AvgIpc) is 3.37. The summed E-state index contributed by atoms with van der Waals surface area (Å²) in [5, 5.41) is 13.7. The molecule has 3 heterocycles. The number of aromatic carboxylic acids is 1. The van der Waals surface area contributed by atoms with Crippen LogP contribution in [0.25, 0.3) is 5.00 Å². The van der Waals surface area contributed by atoms with Crippen molar-refractivity contribution in [2.75, 3.05) is 0 Å². The standard InChI is InChI=1S/C20H14F4N4O2S/c1-7-18-26-17(20(29)30)27-28(18)19-13(9-5-8(16(23)24)6-12(9)31-19)15(25-7)14-10(21)3-2-4-11(14)22/h2-4,7-8,16H,5-6H2,1H3,(H,29,30)/t7-,8?/m0/s1. The molecule has 11 heteroatoms. The van der Waals surface area contributed by atoms with Crippen molar-refractivity contribution in [1.29, 1.82) is 0 Å². The van der Waals surface area contributed by atoms with Gasteiger partial charge in [-0.15, -0.1) is 16.4 Å². The van der Waals surface area contributed by atoms with Gasteiger partial charge in [-0.1, -0.05) is 6.07 Å². The van der Waals surface area contributed by atoms with Gasteiger partial charge in [-0.05, 0) is 37.5 Å². The van der Waals surface area contributed by atoms with E-state index in [1.807, 2.05) is 0 Å². The Morgan fingerprint density at radius 1 is 1.23 bits per heavy atom. The Hall–Kier alpha value is -3.08. The Kier molecular flexibility index (Phi) is 4.47. The van der Waals surface area contributed by atoms with E-state index in [4.69, 9.17) is 0 Å². The molecule has 2 aromatic heterocycles. The summed E-state index contributed by atoms with van der Waals surface area (Å²) in [6, 6.07) is 2.65.